The lowest BCUT2D eigenvalue weighted by Crippen LogP contribution is -2.35. The largest absolute Gasteiger partial charge is 0.493 e. The second-order valence-electron chi connectivity index (χ2n) is 9.60. The van der Waals surface area contributed by atoms with E-state index in [0.717, 1.165) is 36.9 Å². The number of hydrogen-bond acceptors (Lipinski definition) is 7. The summed E-state index contributed by atoms with van der Waals surface area (Å²) in [6, 6.07) is 13.8. The Hall–Kier alpha value is -3.88. The number of para-hydroxylation sites is 1. The molecule has 3 heterocycles. The summed E-state index contributed by atoms with van der Waals surface area (Å²) in [5, 5.41) is 13.9. The van der Waals surface area contributed by atoms with Gasteiger partial charge in [-0.25, -0.2) is 4.68 Å². The van der Waals surface area contributed by atoms with Crippen molar-refractivity contribution in [3.63, 3.8) is 0 Å². The highest BCUT2D eigenvalue weighted by Gasteiger charge is 2.35. The Bertz CT molecular complexity index is 1460. The van der Waals surface area contributed by atoms with Crippen LogP contribution in [0.1, 0.15) is 61.1 Å². The first-order valence-electron chi connectivity index (χ1n) is 12.6. The number of fused-ring (bicyclic) bond motifs is 2. The first kappa shape index (κ1) is 22.6. The van der Waals surface area contributed by atoms with E-state index in [2.05, 4.69) is 43.6 Å². The lowest BCUT2D eigenvalue weighted by atomic mass is 9.95. The van der Waals surface area contributed by atoms with Gasteiger partial charge in [0, 0.05) is 29.2 Å². The zero-order valence-electron chi connectivity index (χ0n) is 20.6. The third-order valence-corrected chi connectivity index (χ3v) is 7.59. The van der Waals surface area contributed by atoms with Crippen LogP contribution in [0.25, 0.3) is 10.9 Å². The molecule has 0 bridgehead atoms. The summed E-state index contributed by atoms with van der Waals surface area (Å²) >= 11 is 0. The van der Waals surface area contributed by atoms with Gasteiger partial charge in [-0.1, -0.05) is 37.5 Å². The summed E-state index contributed by atoms with van der Waals surface area (Å²) in [5.41, 5.74) is 3.52. The average Bonchev–Trinajstić information content (AvgIpc) is 3.57. The second kappa shape index (κ2) is 9.29. The predicted octanol–water partition coefficient (Wildman–Crippen LogP) is 4.19. The number of aromatic nitrogens is 5. The van der Waals surface area contributed by atoms with E-state index in [4.69, 9.17) is 9.47 Å². The van der Waals surface area contributed by atoms with Gasteiger partial charge in [-0.05, 0) is 53.5 Å². The molecule has 36 heavy (non-hydrogen) atoms. The Balaban J connectivity index is 1.54. The monoisotopic (exact) mass is 486 g/mol. The SMILES string of the molecule is COc1cc2cc([C@@H](c3nnnn3C3CCCCC3)N3CCc4ccccc43)c(=O)[nH]c2cc1OC. The average molecular weight is 487 g/mol. The number of aromatic amines is 1. The molecule has 0 radical (unpaired) electrons. The van der Waals surface area contributed by atoms with Crippen LogP contribution < -0.4 is 19.9 Å². The molecule has 4 aromatic rings. The summed E-state index contributed by atoms with van der Waals surface area (Å²) in [6.45, 7) is 0.783. The van der Waals surface area contributed by atoms with Gasteiger partial charge in [0.1, 0.15) is 6.04 Å². The summed E-state index contributed by atoms with van der Waals surface area (Å²) in [4.78, 5) is 19.0. The molecule has 2 aliphatic rings. The van der Waals surface area contributed by atoms with Crippen LogP contribution in [-0.4, -0.2) is 46.0 Å². The molecule has 1 aliphatic carbocycles. The number of benzene rings is 2. The molecule has 9 nitrogen and oxygen atoms in total. The Morgan fingerprint density at radius 1 is 1.03 bits per heavy atom. The number of anilines is 1. The zero-order valence-corrected chi connectivity index (χ0v) is 20.6. The number of nitrogens with zero attached hydrogens (tertiary/aromatic N) is 5. The number of ether oxygens (including phenoxy) is 2. The first-order valence-corrected chi connectivity index (χ1v) is 12.6. The highest BCUT2D eigenvalue weighted by atomic mass is 16.5. The van der Waals surface area contributed by atoms with Crippen LogP contribution in [-0.2, 0) is 6.42 Å². The molecule has 186 valence electrons. The van der Waals surface area contributed by atoms with Crippen LogP contribution >= 0.6 is 0 Å². The molecule has 0 saturated heterocycles. The Kier molecular flexibility index (Phi) is 5.83. The smallest absolute Gasteiger partial charge is 0.254 e. The topological polar surface area (TPSA) is 98.2 Å². The maximum Gasteiger partial charge on any atom is 0.254 e. The maximum absolute atomic E-state index is 13.6. The third-order valence-electron chi connectivity index (χ3n) is 7.59. The van der Waals surface area contributed by atoms with Crippen LogP contribution in [0.4, 0.5) is 5.69 Å². The molecule has 2 aromatic carbocycles. The minimum Gasteiger partial charge on any atom is -0.493 e. The molecule has 2 aromatic heterocycles. The summed E-state index contributed by atoms with van der Waals surface area (Å²) in [6.07, 6.45) is 6.58. The predicted molar refractivity (Wildman–Crippen MR) is 137 cm³/mol. The van der Waals surface area contributed by atoms with Gasteiger partial charge in [0.05, 0.1) is 25.8 Å². The van der Waals surface area contributed by atoms with E-state index in [1.807, 2.05) is 22.9 Å². The molecule has 6 rings (SSSR count). The minimum atomic E-state index is -0.424. The molecule has 1 N–H and O–H groups in total. The van der Waals surface area contributed by atoms with Crippen molar-refractivity contribution in [3.05, 3.63) is 69.8 Å². The van der Waals surface area contributed by atoms with Crippen LogP contribution in [0.15, 0.2) is 47.3 Å². The van der Waals surface area contributed by atoms with Crippen LogP contribution in [0.2, 0.25) is 0 Å². The number of hydrogen-bond donors (Lipinski definition) is 1. The van der Waals surface area contributed by atoms with E-state index in [1.165, 1.54) is 24.8 Å². The highest BCUT2D eigenvalue weighted by Crippen LogP contribution is 2.40. The molecular weight excluding hydrogens is 456 g/mol. The van der Waals surface area contributed by atoms with Crippen LogP contribution in [0, 0.1) is 0 Å². The van der Waals surface area contributed by atoms with Crippen molar-refractivity contribution >= 4 is 16.6 Å². The number of nitrogens with one attached hydrogen (secondary N) is 1. The molecule has 0 spiro atoms. The number of rotatable bonds is 6. The van der Waals surface area contributed by atoms with Gasteiger partial charge < -0.3 is 19.4 Å². The van der Waals surface area contributed by atoms with E-state index in [1.54, 1.807) is 20.3 Å². The molecule has 1 atom stereocenters. The van der Waals surface area contributed by atoms with Crippen molar-refractivity contribution < 1.29 is 9.47 Å². The quantitative estimate of drug-likeness (QED) is 0.436. The highest BCUT2D eigenvalue weighted by molar-refractivity contribution is 5.83. The second-order valence-corrected chi connectivity index (χ2v) is 9.60. The molecular formula is C27H30N6O3. The molecule has 0 amide bonds. The fourth-order valence-corrected chi connectivity index (χ4v) is 5.80. The van der Waals surface area contributed by atoms with Crippen molar-refractivity contribution in [1.82, 2.24) is 25.2 Å². The van der Waals surface area contributed by atoms with Crippen molar-refractivity contribution in [2.45, 2.75) is 50.6 Å². The van der Waals surface area contributed by atoms with Gasteiger partial charge in [0.25, 0.3) is 5.56 Å². The minimum absolute atomic E-state index is 0.165. The molecule has 1 fully saturated rings. The van der Waals surface area contributed by atoms with E-state index >= 15 is 0 Å². The summed E-state index contributed by atoms with van der Waals surface area (Å²) in [7, 11) is 3.20. The summed E-state index contributed by atoms with van der Waals surface area (Å²) < 4.78 is 12.9. The van der Waals surface area contributed by atoms with Crippen molar-refractivity contribution in [2.75, 3.05) is 25.7 Å². The molecule has 1 aliphatic heterocycles. The molecule has 1 saturated carbocycles. The maximum atomic E-state index is 13.6. The Morgan fingerprint density at radius 2 is 1.81 bits per heavy atom. The number of methoxy groups -OCH3 is 2. The van der Waals surface area contributed by atoms with Crippen molar-refractivity contribution in [1.29, 1.82) is 0 Å². The lowest BCUT2D eigenvalue weighted by molar-refractivity contribution is 0.313. The van der Waals surface area contributed by atoms with Gasteiger partial charge in [-0.3, -0.25) is 4.79 Å². The third kappa shape index (κ3) is 3.79. The number of H-pyrrole nitrogens is 1. The van der Waals surface area contributed by atoms with E-state index in [9.17, 15) is 4.79 Å². The van der Waals surface area contributed by atoms with E-state index in [-0.39, 0.29) is 11.6 Å². The van der Waals surface area contributed by atoms with Gasteiger partial charge in [-0.15, -0.1) is 5.10 Å². The van der Waals surface area contributed by atoms with Gasteiger partial charge in [0.15, 0.2) is 17.3 Å². The van der Waals surface area contributed by atoms with Crippen LogP contribution in [0.3, 0.4) is 0 Å². The zero-order chi connectivity index (χ0) is 24.6. The van der Waals surface area contributed by atoms with Crippen molar-refractivity contribution in [3.8, 4) is 11.5 Å². The Morgan fingerprint density at radius 3 is 2.61 bits per heavy atom. The van der Waals surface area contributed by atoms with Crippen molar-refractivity contribution in [2.24, 2.45) is 0 Å². The lowest BCUT2D eigenvalue weighted by Gasteiger charge is -2.31. The fraction of sp³-hybridized carbons (Fsp3) is 0.407. The van der Waals surface area contributed by atoms with Gasteiger partial charge in [-0.2, -0.15) is 0 Å². The number of pyridine rings is 1. The van der Waals surface area contributed by atoms with Gasteiger partial charge >= 0.3 is 0 Å². The first-order chi connectivity index (χ1) is 17.7. The molecule has 0 unspecified atom stereocenters. The standard InChI is InChI=1S/C27H30N6O3/c1-35-23-15-18-14-20(27(34)28-21(18)16-24(23)36-2)25(32-13-12-17-8-6-7-11-22(17)32)26-29-30-31-33(26)19-9-4-3-5-10-19/h6-8,11,14-16,19,25H,3-5,9-10,12-13H2,1-2H3,(H,28,34)/t25-/m0/s1. The molecule has 9 heteroatoms. The van der Waals surface area contributed by atoms with Gasteiger partial charge in [0.2, 0.25) is 0 Å². The Labute approximate surface area is 209 Å². The van der Waals surface area contributed by atoms with Crippen LogP contribution in [0.5, 0.6) is 11.5 Å². The summed E-state index contributed by atoms with van der Waals surface area (Å²) in [5.74, 6) is 1.89. The van der Waals surface area contributed by atoms with E-state index in [0.29, 0.717) is 28.4 Å². The normalized spacial score (nSPS) is 16.8. The number of tetrazole rings is 1. The fourth-order valence-electron chi connectivity index (χ4n) is 5.80. The van der Waals surface area contributed by atoms with E-state index < -0.39 is 6.04 Å².